The van der Waals surface area contributed by atoms with Gasteiger partial charge >= 0.3 is 47.3 Å². The molecule has 0 aromatic carbocycles. The summed E-state index contributed by atoms with van der Waals surface area (Å²) in [4.78, 5) is 9.48. The maximum Gasteiger partial charge on any atom is 3.00 e. The minimum Gasteiger partial charge on any atom is -0.677 e. The molecule has 7 heavy (non-hydrogen) atoms. The molecule has 0 bridgehead atoms. The van der Waals surface area contributed by atoms with Crippen LogP contribution in [0.1, 0.15) is 6.42 Å². The molecule has 0 amide bonds. The number of hydrogen-bond donors (Lipinski definition) is 1. The summed E-state index contributed by atoms with van der Waals surface area (Å²) >= 11 is 0. The standard InChI is InChI=1S/C3H6NO2.Pr/c4-2-1-3(5)6;/h4H,1-2H2,(H,5,6);/q-1;+3. The Hall–Kier alpha value is 0.794. The molecule has 4 heteroatoms. The van der Waals surface area contributed by atoms with E-state index in [-0.39, 0.29) is 54.3 Å². The van der Waals surface area contributed by atoms with Crippen LogP contribution in [0.3, 0.4) is 0 Å². The Labute approximate surface area is 75.2 Å². The summed E-state index contributed by atoms with van der Waals surface area (Å²) < 4.78 is 0. The second-order valence-corrected chi connectivity index (χ2v) is 0.894. The Morgan fingerprint density at radius 1 is 1.71 bits per heavy atom. The van der Waals surface area contributed by atoms with Crippen molar-refractivity contribution in [2.24, 2.45) is 0 Å². The summed E-state index contributed by atoms with van der Waals surface area (Å²) in [7, 11) is 0. The van der Waals surface area contributed by atoms with Crippen LogP contribution in [0.5, 0.6) is 0 Å². The van der Waals surface area contributed by atoms with Gasteiger partial charge in [-0.1, -0.05) is 0 Å². The first kappa shape index (κ1) is 10.7. The minimum absolute atomic E-state index is 0. The predicted molar refractivity (Wildman–Crippen MR) is 21.4 cm³/mol. The van der Waals surface area contributed by atoms with Crippen LogP contribution in [0.25, 0.3) is 5.73 Å². The maximum atomic E-state index is 9.48. The van der Waals surface area contributed by atoms with Crippen molar-refractivity contribution < 1.29 is 51.2 Å². The third-order valence-electron chi connectivity index (χ3n) is 0.339. The van der Waals surface area contributed by atoms with Crippen molar-refractivity contribution in [1.82, 2.24) is 0 Å². The van der Waals surface area contributed by atoms with Gasteiger partial charge in [-0.25, -0.2) is 0 Å². The number of hydrogen-bond acceptors (Lipinski definition) is 1. The smallest absolute Gasteiger partial charge is 0.677 e. The zero-order valence-electron chi connectivity index (χ0n) is 3.85. The van der Waals surface area contributed by atoms with Crippen LogP contribution in [-0.4, -0.2) is 17.6 Å². The van der Waals surface area contributed by atoms with E-state index >= 15 is 0 Å². The van der Waals surface area contributed by atoms with Gasteiger partial charge in [0.2, 0.25) is 0 Å². The van der Waals surface area contributed by atoms with E-state index < -0.39 is 5.97 Å². The van der Waals surface area contributed by atoms with Crippen molar-refractivity contribution in [3.05, 3.63) is 5.73 Å². The van der Waals surface area contributed by atoms with Gasteiger partial charge in [0.1, 0.15) is 0 Å². The normalized spacial score (nSPS) is 7.00. The van der Waals surface area contributed by atoms with Crippen molar-refractivity contribution in [2.45, 2.75) is 6.42 Å². The number of carboxylic acid groups (broad SMARTS) is 1. The second-order valence-electron chi connectivity index (χ2n) is 0.894. The molecule has 0 spiro atoms. The van der Waals surface area contributed by atoms with Crippen LogP contribution in [-0.2, 0) is 4.79 Å². The van der Waals surface area contributed by atoms with Gasteiger partial charge in [-0.05, 0) is 0 Å². The molecule has 0 saturated heterocycles. The Morgan fingerprint density at radius 2 is 2.14 bits per heavy atom. The first-order valence-electron chi connectivity index (χ1n) is 1.63. The Kier molecular flexibility index (Phi) is 10.4. The number of nitrogens with one attached hydrogen (secondary N) is 1. The van der Waals surface area contributed by atoms with Crippen molar-refractivity contribution >= 4 is 5.97 Å². The van der Waals surface area contributed by atoms with E-state index in [1.54, 1.807) is 0 Å². The molecule has 0 rings (SSSR count). The van der Waals surface area contributed by atoms with Crippen LogP contribution in [0, 0.1) is 41.3 Å². The van der Waals surface area contributed by atoms with Crippen LogP contribution in [0.4, 0.5) is 0 Å². The van der Waals surface area contributed by atoms with Crippen LogP contribution >= 0.6 is 0 Å². The average Bonchev–Trinajstić information content (AvgIpc) is 1.35. The summed E-state index contributed by atoms with van der Waals surface area (Å²) in [5, 5.41) is 7.79. The average molecular weight is 229 g/mol. The quantitative estimate of drug-likeness (QED) is 0.749. The van der Waals surface area contributed by atoms with E-state index in [4.69, 9.17) is 10.8 Å². The molecule has 0 aliphatic rings. The van der Waals surface area contributed by atoms with Gasteiger partial charge in [-0.15, -0.1) is 6.54 Å². The summed E-state index contributed by atoms with van der Waals surface area (Å²) in [6.07, 6.45) is -0.0417. The Morgan fingerprint density at radius 3 is 2.14 bits per heavy atom. The van der Waals surface area contributed by atoms with Gasteiger partial charge in [0.05, 0.1) is 0 Å². The second kappa shape index (κ2) is 6.79. The molecule has 3 nitrogen and oxygen atoms in total. The first-order valence-corrected chi connectivity index (χ1v) is 1.63. The summed E-state index contributed by atoms with van der Waals surface area (Å²) in [6, 6.07) is 0. The molecule has 0 unspecified atom stereocenters. The maximum absolute atomic E-state index is 9.48. The van der Waals surface area contributed by atoms with E-state index in [9.17, 15) is 4.79 Å². The van der Waals surface area contributed by atoms with Crippen molar-refractivity contribution in [1.29, 1.82) is 0 Å². The predicted octanol–water partition coefficient (Wildman–Crippen LogP) is 0.513. The molecular weight excluding hydrogens is 223 g/mol. The molecule has 0 atom stereocenters. The molecule has 0 aliphatic carbocycles. The molecule has 0 heterocycles. The molecule has 2 N–H and O–H groups in total. The van der Waals surface area contributed by atoms with Crippen LogP contribution < -0.4 is 0 Å². The van der Waals surface area contributed by atoms with E-state index in [1.165, 1.54) is 0 Å². The molecular formula is C3H6NO2Pr+2. The van der Waals surface area contributed by atoms with E-state index in [0.29, 0.717) is 0 Å². The third-order valence-corrected chi connectivity index (χ3v) is 0.339. The van der Waals surface area contributed by atoms with Gasteiger partial charge in [-0.3, -0.25) is 4.79 Å². The van der Waals surface area contributed by atoms with Gasteiger partial charge in [-0.2, -0.15) is 0 Å². The topological polar surface area (TPSA) is 61.1 Å². The largest absolute Gasteiger partial charge is 3.00 e. The van der Waals surface area contributed by atoms with Gasteiger partial charge in [0.25, 0.3) is 0 Å². The molecule has 36 valence electrons. The monoisotopic (exact) mass is 229 g/mol. The van der Waals surface area contributed by atoms with Gasteiger partial charge < -0.3 is 10.8 Å². The number of carboxylic acids is 1. The van der Waals surface area contributed by atoms with Gasteiger partial charge in [0, 0.05) is 6.42 Å². The summed E-state index contributed by atoms with van der Waals surface area (Å²) in [6.45, 7) is -0.0185. The van der Waals surface area contributed by atoms with Crippen LogP contribution in [0.2, 0.25) is 0 Å². The molecule has 0 aromatic rings. The van der Waals surface area contributed by atoms with Gasteiger partial charge in [0.15, 0.2) is 0 Å². The fourth-order valence-electron chi connectivity index (χ4n) is 0.107. The minimum atomic E-state index is -0.898. The SMILES string of the molecule is [NH-]CCC(=O)O.[Pr+3]. The Balaban J connectivity index is 0. The summed E-state index contributed by atoms with van der Waals surface area (Å²) in [5.41, 5.74) is 6.35. The molecule has 0 fully saturated rings. The fraction of sp³-hybridized carbons (Fsp3) is 0.667. The number of rotatable bonds is 2. The Bertz CT molecular complexity index is 56.9. The number of aliphatic carboxylic acids is 1. The van der Waals surface area contributed by atoms with E-state index in [1.807, 2.05) is 0 Å². The van der Waals surface area contributed by atoms with E-state index in [0.717, 1.165) is 0 Å². The summed E-state index contributed by atoms with van der Waals surface area (Å²) in [5.74, 6) is -0.898. The van der Waals surface area contributed by atoms with Crippen molar-refractivity contribution in [3.63, 3.8) is 0 Å². The van der Waals surface area contributed by atoms with Crippen molar-refractivity contribution in [3.8, 4) is 0 Å². The third kappa shape index (κ3) is 10.8. The zero-order chi connectivity index (χ0) is 4.99. The zero-order valence-corrected chi connectivity index (χ0v) is 7.55. The molecule has 0 aromatic heterocycles. The molecule has 0 aliphatic heterocycles. The molecule has 0 saturated carbocycles. The van der Waals surface area contributed by atoms with E-state index in [2.05, 4.69) is 0 Å². The van der Waals surface area contributed by atoms with Crippen LogP contribution in [0.15, 0.2) is 0 Å². The molecule has 0 radical (unpaired) electrons. The number of carbonyl (C=O) groups is 1. The first-order chi connectivity index (χ1) is 2.77. The van der Waals surface area contributed by atoms with Crippen molar-refractivity contribution in [2.75, 3.05) is 6.54 Å². The fourth-order valence-corrected chi connectivity index (χ4v) is 0.107.